The summed E-state index contributed by atoms with van der Waals surface area (Å²) < 4.78 is 11.5. The molecule has 104 valence electrons. The van der Waals surface area contributed by atoms with E-state index in [-0.39, 0.29) is 5.79 Å². The third-order valence-electron chi connectivity index (χ3n) is 3.97. The minimum absolute atomic E-state index is 0.360. The number of fused-ring (bicyclic) bond motifs is 1. The lowest BCUT2D eigenvalue weighted by atomic mass is 10.0. The molecule has 0 aliphatic carbocycles. The summed E-state index contributed by atoms with van der Waals surface area (Å²) >= 11 is 0. The van der Waals surface area contributed by atoms with Gasteiger partial charge in [0.05, 0.1) is 18.7 Å². The maximum Gasteiger partial charge on any atom is 0.245 e. The van der Waals surface area contributed by atoms with Gasteiger partial charge in [0.1, 0.15) is 5.52 Å². The van der Waals surface area contributed by atoms with Gasteiger partial charge in [-0.25, -0.2) is 4.98 Å². The lowest BCUT2D eigenvalue weighted by Gasteiger charge is -2.37. The van der Waals surface area contributed by atoms with Gasteiger partial charge < -0.3 is 14.4 Å². The van der Waals surface area contributed by atoms with E-state index in [2.05, 4.69) is 20.1 Å². The maximum atomic E-state index is 5.73. The lowest BCUT2D eigenvalue weighted by Crippen LogP contribution is -2.45. The summed E-state index contributed by atoms with van der Waals surface area (Å²) in [5.41, 5.74) is 1.71. The van der Waals surface area contributed by atoms with Crippen molar-refractivity contribution < 1.29 is 9.47 Å². The SMILES string of the molecule is c1ccc2nc(N3CCC4(CC3)OCCO4)nnc2c1. The molecule has 2 fully saturated rings. The first-order valence-corrected chi connectivity index (χ1v) is 6.97. The largest absolute Gasteiger partial charge is 0.347 e. The number of anilines is 1. The fraction of sp³-hybridized carbons (Fsp3) is 0.500. The number of piperidine rings is 1. The second-order valence-electron chi connectivity index (χ2n) is 5.20. The molecule has 1 spiro atoms. The molecule has 1 aromatic heterocycles. The van der Waals surface area contributed by atoms with Crippen LogP contribution in [0.25, 0.3) is 11.0 Å². The van der Waals surface area contributed by atoms with Crippen LogP contribution >= 0.6 is 0 Å². The summed E-state index contributed by atoms with van der Waals surface area (Å²) in [6.45, 7) is 3.07. The fourth-order valence-electron chi connectivity index (χ4n) is 2.84. The van der Waals surface area contributed by atoms with Crippen molar-refractivity contribution in [2.45, 2.75) is 18.6 Å². The summed E-state index contributed by atoms with van der Waals surface area (Å²) in [5.74, 6) is 0.331. The standard InChI is InChI=1S/C14H16N4O2/c1-2-4-12-11(3-1)15-13(17-16-12)18-7-5-14(6-8-18)19-9-10-20-14/h1-4H,5-10H2. The number of nitrogens with zero attached hydrogens (tertiary/aromatic N) is 4. The number of hydrogen-bond donors (Lipinski definition) is 0. The summed E-state index contributed by atoms with van der Waals surface area (Å²) in [6.07, 6.45) is 1.70. The van der Waals surface area contributed by atoms with Crippen molar-refractivity contribution in [3.63, 3.8) is 0 Å². The Kier molecular flexibility index (Phi) is 2.78. The van der Waals surface area contributed by atoms with Gasteiger partial charge in [0, 0.05) is 25.9 Å². The molecule has 1 aromatic carbocycles. The Balaban J connectivity index is 1.55. The van der Waals surface area contributed by atoms with Gasteiger partial charge in [-0.05, 0) is 12.1 Å². The smallest absolute Gasteiger partial charge is 0.245 e. The van der Waals surface area contributed by atoms with Crippen LogP contribution in [0, 0.1) is 0 Å². The fourth-order valence-corrected chi connectivity index (χ4v) is 2.84. The van der Waals surface area contributed by atoms with Crippen molar-refractivity contribution in [2.75, 3.05) is 31.2 Å². The van der Waals surface area contributed by atoms with E-state index in [0.717, 1.165) is 37.0 Å². The van der Waals surface area contributed by atoms with Crippen molar-refractivity contribution in [2.24, 2.45) is 0 Å². The zero-order valence-electron chi connectivity index (χ0n) is 11.2. The molecule has 6 nitrogen and oxygen atoms in total. The summed E-state index contributed by atoms with van der Waals surface area (Å²) in [7, 11) is 0. The normalized spacial score (nSPS) is 21.7. The molecule has 0 bridgehead atoms. The minimum Gasteiger partial charge on any atom is -0.347 e. The van der Waals surface area contributed by atoms with Crippen LogP contribution in [0.1, 0.15) is 12.8 Å². The molecule has 2 saturated heterocycles. The zero-order valence-corrected chi connectivity index (χ0v) is 11.2. The van der Waals surface area contributed by atoms with Crippen LogP contribution in [0.3, 0.4) is 0 Å². The van der Waals surface area contributed by atoms with Gasteiger partial charge in [0.15, 0.2) is 5.79 Å². The third-order valence-corrected chi connectivity index (χ3v) is 3.97. The van der Waals surface area contributed by atoms with Crippen LogP contribution in [0.15, 0.2) is 24.3 Å². The van der Waals surface area contributed by atoms with Crippen molar-refractivity contribution >= 4 is 17.0 Å². The number of aromatic nitrogens is 3. The van der Waals surface area contributed by atoms with E-state index >= 15 is 0 Å². The highest BCUT2D eigenvalue weighted by Gasteiger charge is 2.40. The van der Waals surface area contributed by atoms with Crippen LogP contribution in [0.2, 0.25) is 0 Å². The molecule has 0 amide bonds. The van der Waals surface area contributed by atoms with Gasteiger partial charge in [-0.15, -0.1) is 10.2 Å². The predicted molar refractivity (Wildman–Crippen MR) is 73.4 cm³/mol. The molecule has 4 rings (SSSR count). The Morgan fingerprint density at radius 1 is 0.950 bits per heavy atom. The molecular weight excluding hydrogens is 256 g/mol. The first kappa shape index (κ1) is 12.0. The van der Waals surface area contributed by atoms with Crippen molar-refractivity contribution in [3.8, 4) is 0 Å². The highest BCUT2D eigenvalue weighted by Crippen LogP contribution is 2.32. The molecule has 20 heavy (non-hydrogen) atoms. The van der Waals surface area contributed by atoms with Crippen molar-refractivity contribution in [1.29, 1.82) is 0 Å². The van der Waals surface area contributed by atoms with Gasteiger partial charge in [0.25, 0.3) is 0 Å². The van der Waals surface area contributed by atoms with Crippen LogP contribution in [-0.2, 0) is 9.47 Å². The van der Waals surface area contributed by atoms with E-state index in [1.807, 2.05) is 24.3 Å². The molecule has 0 saturated carbocycles. The predicted octanol–water partition coefficient (Wildman–Crippen LogP) is 1.37. The highest BCUT2D eigenvalue weighted by molar-refractivity contribution is 5.74. The monoisotopic (exact) mass is 272 g/mol. The lowest BCUT2D eigenvalue weighted by molar-refractivity contribution is -0.169. The molecule has 0 radical (unpaired) electrons. The third kappa shape index (κ3) is 2.01. The van der Waals surface area contributed by atoms with Crippen LogP contribution in [0.4, 0.5) is 5.95 Å². The number of benzene rings is 1. The first-order chi connectivity index (χ1) is 9.85. The molecule has 6 heteroatoms. The van der Waals surface area contributed by atoms with E-state index in [1.165, 1.54) is 0 Å². The Morgan fingerprint density at radius 2 is 1.65 bits per heavy atom. The molecule has 0 N–H and O–H groups in total. The Hall–Kier alpha value is -1.79. The highest BCUT2D eigenvalue weighted by atomic mass is 16.7. The minimum atomic E-state index is -0.360. The topological polar surface area (TPSA) is 60.4 Å². The van der Waals surface area contributed by atoms with Crippen molar-refractivity contribution in [3.05, 3.63) is 24.3 Å². The Labute approximate surface area is 116 Å². The van der Waals surface area contributed by atoms with E-state index in [9.17, 15) is 0 Å². The van der Waals surface area contributed by atoms with E-state index in [4.69, 9.17) is 9.47 Å². The second kappa shape index (κ2) is 4.64. The molecule has 2 aliphatic heterocycles. The molecule has 2 aliphatic rings. The van der Waals surface area contributed by atoms with Gasteiger partial charge in [-0.3, -0.25) is 0 Å². The molecular formula is C14H16N4O2. The summed E-state index contributed by atoms with van der Waals surface area (Å²) in [5, 5.41) is 8.46. The van der Waals surface area contributed by atoms with Gasteiger partial charge >= 0.3 is 0 Å². The number of para-hydroxylation sites is 1. The first-order valence-electron chi connectivity index (χ1n) is 6.97. The number of rotatable bonds is 1. The zero-order chi connectivity index (χ0) is 13.4. The second-order valence-corrected chi connectivity index (χ2v) is 5.20. The Morgan fingerprint density at radius 3 is 2.40 bits per heavy atom. The Bertz CT molecular complexity index is 617. The molecule has 3 heterocycles. The average molecular weight is 272 g/mol. The molecule has 0 unspecified atom stereocenters. The number of ether oxygens (including phenoxy) is 2. The summed E-state index contributed by atoms with van der Waals surface area (Å²) in [4.78, 5) is 6.73. The van der Waals surface area contributed by atoms with E-state index in [1.54, 1.807) is 0 Å². The molecule has 0 atom stereocenters. The van der Waals surface area contributed by atoms with E-state index in [0.29, 0.717) is 19.2 Å². The van der Waals surface area contributed by atoms with Gasteiger partial charge in [-0.2, -0.15) is 0 Å². The van der Waals surface area contributed by atoms with E-state index < -0.39 is 0 Å². The van der Waals surface area contributed by atoms with Crippen LogP contribution in [-0.4, -0.2) is 47.3 Å². The maximum absolute atomic E-state index is 5.73. The average Bonchev–Trinajstić information content (AvgIpc) is 2.96. The molecule has 2 aromatic rings. The van der Waals surface area contributed by atoms with Crippen LogP contribution < -0.4 is 4.90 Å². The van der Waals surface area contributed by atoms with Crippen LogP contribution in [0.5, 0.6) is 0 Å². The van der Waals surface area contributed by atoms with Gasteiger partial charge in [0.2, 0.25) is 5.95 Å². The number of hydrogen-bond acceptors (Lipinski definition) is 6. The van der Waals surface area contributed by atoms with Crippen molar-refractivity contribution in [1.82, 2.24) is 15.2 Å². The quantitative estimate of drug-likeness (QED) is 0.781. The van der Waals surface area contributed by atoms with Gasteiger partial charge in [-0.1, -0.05) is 12.1 Å². The summed E-state index contributed by atoms with van der Waals surface area (Å²) in [6, 6.07) is 7.79.